The third-order valence-electron chi connectivity index (χ3n) is 4.03. The van der Waals surface area contributed by atoms with Crippen molar-refractivity contribution in [1.82, 2.24) is 14.8 Å². The van der Waals surface area contributed by atoms with E-state index in [1.54, 1.807) is 42.5 Å². The molecule has 3 aromatic rings. The molecule has 0 aliphatic heterocycles. The highest BCUT2D eigenvalue weighted by Gasteiger charge is 2.16. The van der Waals surface area contributed by atoms with Crippen LogP contribution in [0.1, 0.15) is 21.7 Å². The number of nitrogens with zero attached hydrogens (tertiary/aromatic N) is 3. The first-order chi connectivity index (χ1) is 13.6. The molecular weight excluding hydrogens is 372 g/mol. The molecule has 3 rings (SSSR count). The molecule has 0 fully saturated rings. The molecule has 7 heteroatoms. The first-order valence-corrected chi connectivity index (χ1v) is 9.71. The van der Waals surface area contributed by atoms with Crippen LogP contribution in [-0.2, 0) is 11.3 Å². The molecule has 0 saturated heterocycles. The molecule has 1 amide bonds. The van der Waals surface area contributed by atoms with Crippen molar-refractivity contribution >= 4 is 29.1 Å². The normalized spacial score (nSPS) is 10.5. The predicted molar refractivity (Wildman–Crippen MR) is 111 cm³/mol. The Morgan fingerprint density at radius 1 is 1.11 bits per heavy atom. The quantitative estimate of drug-likeness (QED) is 0.359. The van der Waals surface area contributed by atoms with E-state index in [0.29, 0.717) is 28.5 Å². The average Bonchev–Trinajstić information content (AvgIpc) is 3.07. The van der Waals surface area contributed by atoms with Crippen LogP contribution >= 0.6 is 11.8 Å². The number of aromatic nitrogens is 3. The minimum atomic E-state index is -0.218. The molecule has 2 aromatic carbocycles. The van der Waals surface area contributed by atoms with Crippen LogP contribution in [0.4, 0.5) is 5.69 Å². The second kappa shape index (κ2) is 9.14. The van der Waals surface area contributed by atoms with Crippen molar-refractivity contribution in [2.24, 2.45) is 0 Å². The highest BCUT2D eigenvalue weighted by molar-refractivity contribution is 7.99. The summed E-state index contributed by atoms with van der Waals surface area (Å²) in [4.78, 5) is 25.2. The zero-order valence-electron chi connectivity index (χ0n) is 15.5. The highest BCUT2D eigenvalue weighted by atomic mass is 32.2. The lowest BCUT2D eigenvalue weighted by Crippen LogP contribution is -2.17. The number of ketones is 1. The molecule has 1 heterocycles. The summed E-state index contributed by atoms with van der Waals surface area (Å²) >= 11 is 1.29. The Kier molecular flexibility index (Phi) is 6.39. The summed E-state index contributed by atoms with van der Waals surface area (Å²) in [7, 11) is 0. The van der Waals surface area contributed by atoms with Crippen LogP contribution in [-0.4, -0.2) is 32.2 Å². The molecule has 1 aromatic heterocycles. The van der Waals surface area contributed by atoms with Gasteiger partial charge in [0.05, 0.1) is 11.4 Å². The van der Waals surface area contributed by atoms with Gasteiger partial charge >= 0.3 is 0 Å². The zero-order chi connectivity index (χ0) is 19.9. The number of para-hydroxylation sites is 1. The van der Waals surface area contributed by atoms with Crippen LogP contribution in [0, 0.1) is 6.92 Å². The van der Waals surface area contributed by atoms with Gasteiger partial charge < -0.3 is 9.88 Å². The molecule has 1 N–H and O–H groups in total. The Morgan fingerprint density at radius 2 is 1.82 bits per heavy atom. The number of thioether (sulfide) groups is 1. The number of allylic oxidation sites excluding steroid dienone is 1. The zero-order valence-corrected chi connectivity index (χ0v) is 16.3. The van der Waals surface area contributed by atoms with Crippen molar-refractivity contribution in [1.29, 1.82) is 0 Å². The second-order valence-corrected chi connectivity index (χ2v) is 6.95. The second-order valence-electron chi connectivity index (χ2n) is 6.01. The van der Waals surface area contributed by atoms with E-state index < -0.39 is 0 Å². The topological polar surface area (TPSA) is 76.9 Å². The largest absolute Gasteiger partial charge is 0.325 e. The Morgan fingerprint density at radius 3 is 2.57 bits per heavy atom. The van der Waals surface area contributed by atoms with Gasteiger partial charge in [0.2, 0.25) is 5.91 Å². The monoisotopic (exact) mass is 392 g/mol. The van der Waals surface area contributed by atoms with E-state index >= 15 is 0 Å². The molecule has 0 spiro atoms. The van der Waals surface area contributed by atoms with E-state index in [9.17, 15) is 9.59 Å². The van der Waals surface area contributed by atoms with Crippen molar-refractivity contribution in [3.8, 4) is 0 Å². The fourth-order valence-electron chi connectivity index (χ4n) is 2.66. The van der Waals surface area contributed by atoms with E-state index in [1.165, 1.54) is 11.8 Å². The molecule has 6 nitrogen and oxygen atoms in total. The average molecular weight is 392 g/mol. The molecule has 0 bridgehead atoms. The van der Waals surface area contributed by atoms with Gasteiger partial charge in [-0.1, -0.05) is 60.3 Å². The number of nitrogens with one attached hydrogen (secondary N) is 1. The van der Waals surface area contributed by atoms with E-state index in [-0.39, 0.29) is 17.4 Å². The number of benzene rings is 2. The van der Waals surface area contributed by atoms with Crippen LogP contribution in [0.2, 0.25) is 0 Å². The molecule has 0 saturated carbocycles. The van der Waals surface area contributed by atoms with E-state index in [0.717, 1.165) is 5.82 Å². The third-order valence-corrected chi connectivity index (χ3v) is 4.99. The Balaban J connectivity index is 1.70. The lowest BCUT2D eigenvalue weighted by molar-refractivity contribution is -0.113. The van der Waals surface area contributed by atoms with Crippen LogP contribution in [0.25, 0.3) is 0 Å². The highest BCUT2D eigenvalue weighted by Crippen LogP contribution is 2.21. The minimum absolute atomic E-state index is 0.134. The predicted octanol–water partition coefficient (Wildman–Crippen LogP) is 3.73. The van der Waals surface area contributed by atoms with Crippen molar-refractivity contribution in [3.05, 3.63) is 84.2 Å². The number of carbonyl (C=O) groups is 2. The maximum absolute atomic E-state index is 12.8. The molecule has 0 aliphatic carbocycles. The van der Waals surface area contributed by atoms with E-state index in [4.69, 9.17) is 0 Å². The summed E-state index contributed by atoms with van der Waals surface area (Å²) in [5.41, 5.74) is 1.52. The van der Waals surface area contributed by atoms with Crippen LogP contribution < -0.4 is 5.32 Å². The van der Waals surface area contributed by atoms with Crippen LogP contribution in [0.3, 0.4) is 0 Å². The van der Waals surface area contributed by atoms with Gasteiger partial charge in [0.1, 0.15) is 5.82 Å². The van der Waals surface area contributed by atoms with Gasteiger partial charge in [-0.15, -0.1) is 16.8 Å². The maximum atomic E-state index is 12.8. The summed E-state index contributed by atoms with van der Waals surface area (Å²) in [5, 5.41) is 11.6. The summed E-state index contributed by atoms with van der Waals surface area (Å²) in [6.45, 7) is 6.16. The van der Waals surface area contributed by atoms with E-state index in [1.807, 2.05) is 29.7 Å². The van der Waals surface area contributed by atoms with Gasteiger partial charge in [-0.2, -0.15) is 0 Å². The van der Waals surface area contributed by atoms with Crippen molar-refractivity contribution < 1.29 is 9.59 Å². The summed E-state index contributed by atoms with van der Waals surface area (Å²) < 4.78 is 1.89. The molecule has 0 radical (unpaired) electrons. The van der Waals surface area contributed by atoms with Gasteiger partial charge in [0.25, 0.3) is 0 Å². The number of hydrogen-bond acceptors (Lipinski definition) is 5. The lowest BCUT2D eigenvalue weighted by Gasteiger charge is -2.10. The van der Waals surface area contributed by atoms with E-state index in [2.05, 4.69) is 22.1 Å². The van der Waals surface area contributed by atoms with Crippen LogP contribution in [0.15, 0.2) is 72.4 Å². The van der Waals surface area contributed by atoms with Gasteiger partial charge in [-0.25, -0.2) is 0 Å². The molecule has 0 aliphatic rings. The van der Waals surface area contributed by atoms with Gasteiger partial charge in [-0.3, -0.25) is 9.59 Å². The maximum Gasteiger partial charge on any atom is 0.234 e. The Hall–Kier alpha value is -3.19. The third kappa shape index (κ3) is 4.55. The summed E-state index contributed by atoms with van der Waals surface area (Å²) in [6.07, 6.45) is 1.76. The smallest absolute Gasteiger partial charge is 0.234 e. The molecule has 0 unspecified atom stereocenters. The minimum Gasteiger partial charge on any atom is -0.325 e. The lowest BCUT2D eigenvalue weighted by atomic mass is 10.0. The van der Waals surface area contributed by atoms with Crippen molar-refractivity contribution in [3.63, 3.8) is 0 Å². The Bertz CT molecular complexity index is 999. The molecular formula is C21H20N4O2S. The molecule has 142 valence electrons. The number of rotatable bonds is 8. The standard InChI is InChI=1S/C21H20N4O2S/c1-3-13-25-15(2)23-24-21(25)28-14-19(26)22-18-12-8-7-11-17(18)20(27)16-9-5-4-6-10-16/h3-12H,1,13-14H2,2H3,(H,22,26). The number of amides is 1. The Labute approximate surface area is 167 Å². The summed E-state index contributed by atoms with van der Waals surface area (Å²) in [5.74, 6) is 0.569. The van der Waals surface area contributed by atoms with Gasteiger partial charge in [0, 0.05) is 17.7 Å². The fraction of sp³-hybridized carbons (Fsp3) is 0.143. The van der Waals surface area contributed by atoms with Crippen molar-refractivity contribution in [2.75, 3.05) is 11.1 Å². The fourth-order valence-corrected chi connectivity index (χ4v) is 3.45. The number of anilines is 1. The molecule has 0 atom stereocenters. The van der Waals surface area contributed by atoms with Gasteiger partial charge in [-0.05, 0) is 19.1 Å². The van der Waals surface area contributed by atoms with Crippen molar-refractivity contribution in [2.45, 2.75) is 18.6 Å². The number of hydrogen-bond donors (Lipinski definition) is 1. The van der Waals surface area contributed by atoms with Crippen LogP contribution in [0.5, 0.6) is 0 Å². The first kappa shape index (κ1) is 19.6. The number of aryl methyl sites for hydroxylation is 1. The SMILES string of the molecule is C=CCn1c(C)nnc1SCC(=O)Nc1ccccc1C(=O)c1ccccc1. The summed E-state index contributed by atoms with van der Waals surface area (Å²) in [6, 6.07) is 16.0. The number of carbonyl (C=O) groups excluding carboxylic acids is 2. The first-order valence-electron chi connectivity index (χ1n) is 8.72. The molecule has 28 heavy (non-hydrogen) atoms. The van der Waals surface area contributed by atoms with Gasteiger partial charge in [0.15, 0.2) is 10.9 Å².